The Morgan fingerprint density at radius 1 is 1.13 bits per heavy atom. The van der Waals surface area contributed by atoms with Gasteiger partial charge in [-0.3, -0.25) is 9.59 Å². The van der Waals surface area contributed by atoms with Crippen LogP contribution in [0.25, 0.3) is 11.3 Å². The lowest BCUT2D eigenvalue weighted by atomic mass is 9.91. The quantitative estimate of drug-likeness (QED) is 0.308. The first-order valence-corrected chi connectivity index (χ1v) is 15.6. The number of benzene rings is 2. The van der Waals surface area contributed by atoms with E-state index in [1.807, 2.05) is 0 Å². The Morgan fingerprint density at radius 3 is 2.33 bits per heavy atom. The fourth-order valence-corrected chi connectivity index (χ4v) is 7.07. The number of anilines is 1. The Bertz CT molecular complexity index is 1560. The summed E-state index contributed by atoms with van der Waals surface area (Å²) in [5, 5.41) is 39.8. The van der Waals surface area contributed by atoms with Crippen LogP contribution in [0.4, 0.5) is 14.5 Å². The van der Waals surface area contributed by atoms with Gasteiger partial charge in [0, 0.05) is 47.3 Å². The van der Waals surface area contributed by atoms with E-state index >= 15 is 0 Å². The number of aliphatic hydroxyl groups excluding tert-OH is 3. The third-order valence-electron chi connectivity index (χ3n) is 7.88. The molecule has 3 N–H and O–H groups in total. The van der Waals surface area contributed by atoms with Gasteiger partial charge >= 0.3 is 0 Å². The summed E-state index contributed by atoms with van der Waals surface area (Å²) in [6, 6.07) is 4.93. The minimum Gasteiger partial charge on any atom is -0.394 e. The molecule has 2 saturated heterocycles. The zero-order chi connectivity index (χ0) is 32.7. The molecule has 242 valence electrons. The normalized spacial score (nSPS) is 26.7. The number of rotatable bonds is 7. The third-order valence-corrected chi connectivity index (χ3v) is 9.15. The van der Waals surface area contributed by atoms with Gasteiger partial charge in [0.15, 0.2) is 6.10 Å². The average molecular weight is 780 g/mol. The molecule has 0 aliphatic carbocycles. The van der Waals surface area contributed by atoms with Gasteiger partial charge in [-0.25, -0.2) is 13.5 Å². The summed E-state index contributed by atoms with van der Waals surface area (Å²) < 4.78 is 42.4. The van der Waals surface area contributed by atoms with E-state index in [1.54, 1.807) is 18.2 Å². The second kappa shape index (κ2) is 13.7. The number of halogens is 5. The van der Waals surface area contributed by atoms with Gasteiger partial charge in [0.05, 0.1) is 24.9 Å². The topological polar surface area (TPSA) is 150 Å². The highest BCUT2D eigenvalue weighted by molar-refractivity contribution is 9.11. The van der Waals surface area contributed by atoms with Gasteiger partial charge in [0.1, 0.15) is 46.7 Å². The van der Waals surface area contributed by atoms with E-state index in [4.69, 9.17) is 21.1 Å². The molecule has 0 saturated carbocycles. The zero-order valence-electron chi connectivity index (χ0n) is 23.7. The van der Waals surface area contributed by atoms with Crippen LogP contribution in [0.5, 0.6) is 0 Å². The van der Waals surface area contributed by atoms with E-state index in [0.717, 1.165) is 12.1 Å². The Morgan fingerprint density at radius 2 is 1.78 bits per heavy atom. The average Bonchev–Trinajstić information content (AvgIpc) is 3.62. The summed E-state index contributed by atoms with van der Waals surface area (Å²) in [5.74, 6) is -3.00. The van der Waals surface area contributed by atoms with Crippen LogP contribution in [0.1, 0.15) is 13.0 Å². The maximum atomic E-state index is 14.5. The molecule has 2 amide bonds. The SMILES string of the molecule is CO[C@@H]1[C@@H](n2cc(-c3cc(F)c(Cl)c(F)c3)nn2)[C@@H](O)[C@@H](CO)O[C@H]1C(=O)N(c1cc(Br)cc(Br)c1)[C@H]1CN(C(C)=O)C[C@@H]1O. The number of amides is 2. The number of likely N-dealkylation sites (tertiary alicyclic amines) is 1. The molecule has 3 aromatic rings. The lowest BCUT2D eigenvalue weighted by molar-refractivity contribution is -0.211. The molecule has 2 aliphatic rings. The van der Waals surface area contributed by atoms with E-state index in [2.05, 4.69) is 42.2 Å². The first kappa shape index (κ1) is 33.8. The molecule has 3 heterocycles. The predicted octanol–water partition coefficient (Wildman–Crippen LogP) is 2.70. The smallest absolute Gasteiger partial charge is 0.259 e. The molecule has 0 unspecified atom stereocenters. The number of β-amino-alcohol motifs (C(OH)–C–C–N with tert-alkyl or cyclic N) is 1. The van der Waals surface area contributed by atoms with Gasteiger partial charge < -0.3 is 34.6 Å². The maximum Gasteiger partial charge on any atom is 0.259 e. The van der Waals surface area contributed by atoms with Crippen LogP contribution in [0.15, 0.2) is 45.5 Å². The van der Waals surface area contributed by atoms with E-state index in [0.29, 0.717) is 14.6 Å². The number of ether oxygens (including phenoxy) is 2. The summed E-state index contributed by atoms with van der Waals surface area (Å²) >= 11 is 12.5. The number of nitrogens with zero attached hydrogens (tertiary/aromatic N) is 5. The summed E-state index contributed by atoms with van der Waals surface area (Å²) in [5.41, 5.74) is 0.395. The van der Waals surface area contributed by atoms with E-state index < -0.39 is 71.8 Å². The fourth-order valence-electron chi connectivity index (χ4n) is 5.70. The molecule has 1 aromatic heterocycles. The maximum absolute atomic E-state index is 14.5. The number of aromatic nitrogens is 3. The van der Waals surface area contributed by atoms with Crippen LogP contribution in [0.3, 0.4) is 0 Å². The first-order valence-electron chi connectivity index (χ1n) is 13.6. The van der Waals surface area contributed by atoms with Crippen molar-refractivity contribution >= 4 is 61.0 Å². The highest BCUT2D eigenvalue weighted by atomic mass is 79.9. The molecule has 2 fully saturated rings. The van der Waals surface area contributed by atoms with Crippen LogP contribution in [-0.4, -0.2) is 110 Å². The van der Waals surface area contributed by atoms with Crippen molar-refractivity contribution < 1.29 is 43.2 Å². The molecular formula is C28H28Br2ClF2N5O7. The Hall–Kier alpha value is -2.57. The van der Waals surface area contributed by atoms with Crippen molar-refractivity contribution in [3.05, 3.63) is 62.1 Å². The predicted molar refractivity (Wildman–Crippen MR) is 163 cm³/mol. The van der Waals surface area contributed by atoms with Crippen LogP contribution >= 0.6 is 43.5 Å². The monoisotopic (exact) mass is 777 g/mol. The molecule has 5 rings (SSSR count). The number of aliphatic hydroxyl groups is 3. The zero-order valence-corrected chi connectivity index (χ0v) is 27.7. The molecule has 0 radical (unpaired) electrons. The highest BCUT2D eigenvalue weighted by Crippen LogP contribution is 2.37. The number of carbonyl (C=O) groups excluding carboxylic acids is 2. The van der Waals surface area contributed by atoms with Crippen LogP contribution < -0.4 is 4.90 Å². The minimum atomic E-state index is -1.48. The van der Waals surface area contributed by atoms with E-state index in [1.165, 1.54) is 34.7 Å². The molecule has 12 nitrogen and oxygen atoms in total. The van der Waals surface area contributed by atoms with Crippen molar-refractivity contribution in [2.75, 3.05) is 31.7 Å². The van der Waals surface area contributed by atoms with Crippen LogP contribution in [0.2, 0.25) is 5.02 Å². The Labute approximate surface area is 277 Å². The van der Waals surface area contributed by atoms with Gasteiger partial charge in [-0.05, 0) is 30.3 Å². The molecule has 0 spiro atoms. The summed E-state index contributed by atoms with van der Waals surface area (Å²) in [6.07, 6.45) is -5.31. The van der Waals surface area contributed by atoms with Gasteiger partial charge in [-0.1, -0.05) is 48.7 Å². The molecule has 2 aliphatic heterocycles. The second-order valence-corrected chi connectivity index (χ2v) is 12.9. The molecule has 0 bridgehead atoms. The number of hydrogen-bond donors (Lipinski definition) is 3. The fraction of sp³-hybridized carbons (Fsp3) is 0.429. The van der Waals surface area contributed by atoms with E-state index in [-0.39, 0.29) is 30.3 Å². The number of hydrogen-bond acceptors (Lipinski definition) is 9. The van der Waals surface area contributed by atoms with Gasteiger partial charge in [0.2, 0.25) is 5.91 Å². The van der Waals surface area contributed by atoms with Crippen molar-refractivity contribution in [2.45, 2.75) is 49.5 Å². The molecule has 2 aromatic carbocycles. The van der Waals surface area contributed by atoms with Crippen molar-refractivity contribution in [1.29, 1.82) is 0 Å². The van der Waals surface area contributed by atoms with Crippen molar-refractivity contribution in [1.82, 2.24) is 19.9 Å². The lowest BCUT2D eigenvalue weighted by Crippen LogP contribution is -2.63. The van der Waals surface area contributed by atoms with Crippen LogP contribution in [0, 0.1) is 11.6 Å². The first-order chi connectivity index (χ1) is 21.3. The van der Waals surface area contributed by atoms with Gasteiger partial charge in [-0.2, -0.15) is 0 Å². The van der Waals surface area contributed by atoms with Crippen LogP contribution in [-0.2, 0) is 19.1 Å². The summed E-state index contributed by atoms with van der Waals surface area (Å²) in [7, 11) is 1.29. The van der Waals surface area contributed by atoms with Crippen molar-refractivity contribution in [3.63, 3.8) is 0 Å². The van der Waals surface area contributed by atoms with E-state index in [9.17, 15) is 33.7 Å². The molecule has 17 heteroatoms. The lowest BCUT2D eigenvalue weighted by Gasteiger charge is -2.45. The number of carbonyl (C=O) groups is 2. The van der Waals surface area contributed by atoms with Gasteiger partial charge in [-0.15, -0.1) is 5.10 Å². The molecular weight excluding hydrogens is 752 g/mol. The summed E-state index contributed by atoms with van der Waals surface area (Å²) in [6.45, 7) is 0.679. The Kier molecular flexibility index (Phi) is 10.2. The minimum absolute atomic E-state index is 0.00753. The van der Waals surface area contributed by atoms with Crippen molar-refractivity contribution in [3.8, 4) is 11.3 Å². The number of methoxy groups -OCH3 is 1. The van der Waals surface area contributed by atoms with Gasteiger partial charge in [0.25, 0.3) is 5.91 Å². The summed E-state index contributed by atoms with van der Waals surface area (Å²) in [4.78, 5) is 29.5. The highest BCUT2D eigenvalue weighted by Gasteiger charge is 2.52. The third kappa shape index (κ3) is 6.65. The largest absolute Gasteiger partial charge is 0.394 e. The standard InChI is InChI=1S/C28H28Br2ClF2N5O7/c1-12(40)36-9-20(21(41)10-36)38(16-6-14(29)5-15(30)7-16)28(43)27-26(44-2)24(25(42)22(11-39)45-27)37-8-19(34-35-37)13-3-17(32)23(31)18(33)4-13/h3-8,20-22,24-27,39,41-42H,9-11H2,1-2H3/t20-,21-,22+,24-,25-,26+,27+/m0/s1. The van der Waals surface area contributed by atoms with Crippen molar-refractivity contribution in [2.24, 2.45) is 0 Å². The Balaban J connectivity index is 1.56. The molecule has 7 atom stereocenters. The second-order valence-electron chi connectivity index (χ2n) is 10.7. The molecule has 45 heavy (non-hydrogen) atoms.